The quantitative estimate of drug-likeness (QED) is 0.441. The van der Waals surface area contributed by atoms with Gasteiger partial charge in [0, 0.05) is 12.1 Å². The molecule has 0 radical (unpaired) electrons. The van der Waals surface area contributed by atoms with Crippen molar-refractivity contribution in [2.24, 2.45) is 5.73 Å². The smallest absolute Gasteiger partial charge is 0.250 e. The molecule has 8 heteroatoms. The summed E-state index contributed by atoms with van der Waals surface area (Å²) in [7, 11) is 0. The third-order valence-corrected chi connectivity index (χ3v) is 5.10. The molecule has 0 aliphatic carbocycles. The maximum Gasteiger partial charge on any atom is 0.250 e. The molecule has 0 bridgehead atoms. The molecule has 0 spiro atoms. The number of para-hydroxylation sites is 1. The van der Waals surface area contributed by atoms with Crippen LogP contribution in [-0.2, 0) is 11.3 Å². The first kappa shape index (κ1) is 20.3. The van der Waals surface area contributed by atoms with Gasteiger partial charge in [-0.2, -0.15) is 0 Å². The van der Waals surface area contributed by atoms with Crippen molar-refractivity contribution in [2.45, 2.75) is 18.6 Å². The minimum absolute atomic E-state index is 0.107. The molecule has 3 rings (SSSR count). The van der Waals surface area contributed by atoms with Crippen LogP contribution in [0.25, 0.3) is 11.4 Å². The maximum absolute atomic E-state index is 12.4. The standard InChI is InChI=1S/C21H21N5O2S/c1-3-12-26-20(15-10-8-14(2)9-11-15)24-25-21(26)29-13-18(27)23-17-7-5-4-6-16(17)19(22)28/h3-11H,1,12-13H2,2H3,(H2,22,28)(H,23,27). The van der Waals surface area contributed by atoms with E-state index in [2.05, 4.69) is 22.1 Å². The summed E-state index contributed by atoms with van der Waals surface area (Å²) >= 11 is 1.26. The zero-order valence-electron chi connectivity index (χ0n) is 16.0. The number of carbonyl (C=O) groups excluding carboxylic acids is 2. The van der Waals surface area contributed by atoms with Crippen LogP contribution in [0, 0.1) is 6.92 Å². The molecule has 0 aliphatic heterocycles. The van der Waals surface area contributed by atoms with E-state index >= 15 is 0 Å². The minimum atomic E-state index is -0.595. The Kier molecular flexibility index (Phi) is 6.46. The third-order valence-electron chi connectivity index (χ3n) is 4.14. The molecule has 0 aliphatic rings. The van der Waals surface area contributed by atoms with Crippen molar-refractivity contribution in [2.75, 3.05) is 11.1 Å². The molecule has 7 nitrogen and oxygen atoms in total. The Hall–Kier alpha value is -3.39. The fourth-order valence-electron chi connectivity index (χ4n) is 2.73. The van der Waals surface area contributed by atoms with Gasteiger partial charge < -0.3 is 11.1 Å². The van der Waals surface area contributed by atoms with Gasteiger partial charge in [0.25, 0.3) is 5.91 Å². The molecule has 0 fully saturated rings. The minimum Gasteiger partial charge on any atom is -0.366 e. The van der Waals surface area contributed by atoms with Crippen LogP contribution in [0.5, 0.6) is 0 Å². The zero-order chi connectivity index (χ0) is 20.8. The second-order valence-corrected chi connectivity index (χ2v) is 7.26. The van der Waals surface area contributed by atoms with E-state index in [4.69, 9.17) is 5.73 Å². The molecule has 1 heterocycles. The predicted octanol–water partition coefficient (Wildman–Crippen LogP) is 3.27. The van der Waals surface area contributed by atoms with Crippen molar-refractivity contribution in [3.8, 4) is 11.4 Å². The summed E-state index contributed by atoms with van der Waals surface area (Å²) in [6.07, 6.45) is 1.76. The summed E-state index contributed by atoms with van der Waals surface area (Å²) in [5, 5.41) is 11.8. The average molecular weight is 407 g/mol. The Labute approximate surface area is 173 Å². The van der Waals surface area contributed by atoms with Gasteiger partial charge in [-0.1, -0.05) is 59.8 Å². The van der Waals surface area contributed by atoms with E-state index in [-0.39, 0.29) is 17.2 Å². The molecule has 0 saturated heterocycles. The number of hydrogen-bond acceptors (Lipinski definition) is 5. The molecule has 2 aromatic carbocycles. The summed E-state index contributed by atoms with van der Waals surface area (Å²) in [6, 6.07) is 14.6. The first-order valence-corrected chi connectivity index (χ1v) is 9.90. The molecule has 0 atom stereocenters. The number of nitrogens with two attached hydrogens (primary N) is 1. The third kappa shape index (κ3) is 4.91. The molecule has 148 valence electrons. The predicted molar refractivity (Wildman–Crippen MR) is 115 cm³/mol. The molecule has 29 heavy (non-hydrogen) atoms. The highest BCUT2D eigenvalue weighted by molar-refractivity contribution is 7.99. The summed E-state index contributed by atoms with van der Waals surface area (Å²) in [4.78, 5) is 23.9. The highest BCUT2D eigenvalue weighted by Crippen LogP contribution is 2.25. The first-order valence-electron chi connectivity index (χ1n) is 8.92. The van der Waals surface area contributed by atoms with Gasteiger partial charge >= 0.3 is 0 Å². The van der Waals surface area contributed by atoms with E-state index in [1.807, 2.05) is 35.8 Å². The summed E-state index contributed by atoms with van der Waals surface area (Å²) in [6.45, 7) is 6.34. The highest BCUT2D eigenvalue weighted by Gasteiger charge is 2.16. The SMILES string of the molecule is C=CCn1c(SCC(=O)Nc2ccccc2C(N)=O)nnc1-c1ccc(C)cc1. The van der Waals surface area contributed by atoms with Crippen LogP contribution in [0.3, 0.4) is 0 Å². The van der Waals surface area contributed by atoms with Gasteiger partial charge in [0.1, 0.15) is 0 Å². The topological polar surface area (TPSA) is 103 Å². The molecular formula is C21H21N5O2S. The number of rotatable bonds is 8. The highest BCUT2D eigenvalue weighted by atomic mass is 32.2. The number of thioether (sulfide) groups is 1. The number of nitrogens with zero attached hydrogens (tertiary/aromatic N) is 3. The van der Waals surface area contributed by atoms with Crippen molar-refractivity contribution in [1.82, 2.24) is 14.8 Å². The van der Waals surface area contributed by atoms with Gasteiger partial charge in [0.15, 0.2) is 11.0 Å². The zero-order valence-corrected chi connectivity index (χ0v) is 16.8. The Balaban J connectivity index is 1.74. The fraction of sp³-hybridized carbons (Fsp3) is 0.143. The monoisotopic (exact) mass is 407 g/mol. The number of allylic oxidation sites excluding steroid dienone is 1. The molecule has 0 saturated carbocycles. The van der Waals surface area contributed by atoms with Crippen molar-refractivity contribution in [3.05, 3.63) is 72.3 Å². The van der Waals surface area contributed by atoms with Gasteiger partial charge in [-0.25, -0.2) is 0 Å². The number of primary amides is 1. The number of aromatic nitrogens is 3. The Bertz CT molecular complexity index is 1040. The van der Waals surface area contributed by atoms with E-state index in [1.54, 1.807) is 30.3 Å². The number of hydrogen-bond donors (Lipinski definition) is 2. The van der Waals surface area contributed by atoms with Crippen molar-refractivity contribution in [3.63, 3.8) is 0 Å². The van der Waals surface area contributed by atoms with E-state index in [0.29, 0.717) is 23.2 Å². The lowest BCUT2D eigenvalue weighted by Crippen LogP contribution is -2.19. The number of carbonyl (C=O) groups is 2. The van der Waals surface area contributed by atoms with Crippen molar-refractivity contribution >= 4 is 29.3 Å². The van der Waals surface area contributed by atoms with Gasteiger partial charge in [0.2, 0.25) is 5.91 Å². The molecular weight excluding hydrogens is 386 g/mol. The van der Waals surface area contributed by atoms with E-state index in [1.165, 1.54) is 11.8 Å². The van der Waals surface area contributed by atoms with Crippen LogP contribution < -0.4 is 11.1 Å². The average Bonchev–Trinajstić information content (AvgIpc) is 3.10. The van der Waals surface area contributed by atoms with E-state index in [0.717, 1.165) is 11.1 Å². The molecule has 0 unspecified atom stereocenters. The molecule has 3 N–H and O–H groups in total. The molecule has 1 aromatic heterocycles. The summed E-state index contributed by atoms with van der Waals surface area (Å²) < 4.78 is 1.91. The molecule has 2 amide bonds. The number of amides is 2. The van der Waals surface area contributed by atoms with Crippen molar-refractivity contribution in [1.29, 1.82) is 0 Å². The van der Waals surface area contributed by atoms with E-state index < -0.39 is 5.91 Å². The van der Waals surface area contributed by atoms with E-state index in [9.17, 15) is 9.59 Å². The van der Waals surface area contributed by atoms with Crippen molar-refractivity contribution < 1.29 is 9.59 Å². The second kappa shape index (κ2) is 9.20. The number of aryl methyl sites for hydroxylation is 1. The van der Waals surface area contributed by atoms with Crippen LogP contribution in [0.15, 0.2) is 66.3 Å². The summed E-state index contributed by atoms with van der Waals surface area (Å²) in [5.74, 6) is -0.0429. The second-order valence-electron chi connectivity index (χ2n) is 6.32. The Morgan fingerprint density at radius 1 is 1.17 bits per heavy atom. The molecule has 3 aromatic rings. The lowest BCUT2D eigenvalue weighted by molar-refractivity contribution is -0.113. The summed E-state index contributed by atoms with van der Waals surface area (Å²) in [5.41, 5.74) is 8.10. The van der Waals surface area contributed by atoms with Crippen LogP contribution in [0.4, 0.5) is 5.69 Å². The number of benzene rings is 2. The number of anilines is 1. The lowest BCUT2D eigenvalue weighted by Gasteiger charge is -2.10. The van der Waals surface area contributed by atoms with Crippen LogP contribution in [-0.4, -0.2) is 32.3 Å². The largest absolute Gasteiger partial charge is 0.366 e. The van der Waals surface area contributed by atoms with Crippen LogP contribution in [0.2, 0.25) is 0 Å². The normalized spacial score (nSPS) is 10.5. The number of nitrogens with one attached hydrogen (secondary N) is 1. The van der Waals surface area contributed by atoms with Gasteiger partial charge in [-0.3, -0.25) is 14.2 Å². The fourth-order valence-corrected chi connectivity index (χ4v) is 3.48. The van der Waals surface area contributed by atoms with Crippen LogP contribution >= 0.6 is 11.8 Å². The van der Waals surface area contributed by atoms with Gasteiger partial charge in [-0.05, 0) is 19.1 Å². The first-order chi connectivity index (χ1) is 14.0. The van der Waals surface area contributed by atoms with Gasteiger partial charge in [0.05, 0.1) is 17.0 Å². The van der Waals surface area contributed by atoms with Crippen LogP contribution in [0.1, 0.15) is 15.9 Å². The lowest BCUT2D eigenvalue weighted by atomic mass is 10.1. The Morgan fingerprint density at radius 3 is 2.59 bits per heavy atom. The van der Waals surface area contributed by atoms with Gasteiger partial charge in [-0.15, -0.1) is 16.8 Å². The Morgan fingerprint density at radius 2 is 1.90 bits per heavy atom. The maximum atomic E-state index is 12.4.